The van der Waals surface area contributed by atoms with E-state index in [1.807, 2.05) is 24.3 Å². The number of aliphatic carboxylic acids is 1. The van der Waals surface area contributed by atoms with Crippen molar-refractivity contribution in [1.29, 1.82) is 0 Å². The number of nitrogens with one attached hydrogen (secondary N) is 4. The van der Waals surface area contributed by atoms with Crippen LogP contribution in [0.5, 0.6) is 11.8 Å². The van der Waals surface area contributed by atoms with Crippen LogP contribution in [-0.4, -0.2) is 76.1 Å². The molecule has 0 spiro atoms. The molecule has 3 aromatic carbocycles. The number of hydrogen-bond acceptors (Lipinski definition) is 11. The Morgan fingerprint density at radius 1 is 0.930 bits per heavy atom. The number of carboxylic acids is 1. The normalized spacial score (nSPS) is 15.4. The molecule has 2 aliphatic carbocycles. The first kappa shape index (κ1) is 40.7. The molecule has 14 nitrogen and oxygen atoms in total. The summed E-state index contributed by atoms with van der Waals surface area (Å²) in [7, 11) is 1.56. The van der Waals surface area contributed by atoms with E-state index >= 15 is 0 Å². The lowest BCUT2D eigenvalue weighted by Gasteiger charge is -2.19. The minimum Gasteiger partial charge on any atom is -0.497 e. The summed E-state index contributed by atoms with van der Waals surface area (Å²) >= 11 is 6.03. The Morgan fingerprint density at radius 2 is 1.60 bits per heavy atom. The fourth-order valence-corrected chi connectivity index (χ4v) is 6.36. The smallest absolute Gasteiger partial charge is 0.422 e. The number of methoxy groups -OCH3 is 1. The van der Waals surface area contributed by atoms with Gasteiger partial charge in [-0.2, -0.15) is 28.1 Å². The van der Waals surface area contributed by atoms with E-state index in [0.29, 0.717) is 35.2 Å². The largest absolute Gasteiger partial charge is 0.497 e. The summed E-state index contributed by atoms with van der Waals surface area (Å²) in [6, 6.07) is 18.2. The number of anilines is 3. The SMILES string of the molecule is COc1ccc(C(CC(=O)C(=O)NCC[C@H](NC(=O)c2ccc(Nc3nc(NC4(c5ccc(Cl)cc5)CC4)nc(OCC(F)(F)F)n3)cc2)C(=O)O)C2CC2)cc1. The van der Waals surface area contributed by atoms with Gasteiger partial charge in [0.15, 0.2) is 6.61 Å². The van der Waals surface area contributed by atoms with Crippen molar-refractivity contribution < 1.29 is 46.9 Å². The van der Waals surface area contributed by atoms with E-state index < -0.39 is 53.9 Å². The van der Waals surface area contributed by atoms with E-state index in [4.69, 9.17) is 21.1 Å². The molecular weight excluding hydrogens is 771 g/mol. The van der Waals surface area contributed by atoms with Crippen LogP contribution in [0.15, 0.2) is 72.8 Å². The number of carbonyl (C=O) groups is 4. The number of rotatable bonds is 19. The van der Waals surface area contributed by atoms with Crippen LogP contribution in [0, 0.1) is 5.92 Å². The lowest BCUT2D eigenvalue weighted by molar-refractivity contribution is -0.154. The van der Waals surface area contributed by atoms with Gasteiger partial charge in [-0.15, -0.1) is 0 Å². The van der Waals surface area contributed by atoms with E-state index in [-0.39, 0.29) is 42.8 Å². The van der Waals surface area contributed by atoms with Crippen LogP contribution in [-0.2, 0) is 19.9 Å². The van der Waals surface area contributed by atoms with E-state index in [9.17, 15) is 37.5 Å². The molecule has 1 heterocycles. The van der Waals surface area contributed by atoms with Crippen molar-refractivity contribution >= 4 is 52.8 Å². The summed E-state index contributed by atoms with van der Waals surface area (Å²) in [6.45, 7) is -1.81. The van der Waals surface area contributed by atoms with Crippen LogP contribution < -0.4 is 30.7 Å². The lowest BCUT2D eigenvalue weighted by atomic mass is 9.89. The van der Waals surface area contributed by atoms with Gasteiger partial charge in [0.2, 0.25) is 17.7 Å². The van der Waals surface area contributed by atoms with Crippen molar-refractivity contribution in [2.24, 2.45) is 5.92 Å². The molecule has 18 heteroatoms. The van der Waals surface area contributed by atoms with E-state index in [0.717, 1.165) is 24.0 Å². The molecule has 0 saturated heterocycles. The van der Waals surface area contributed by atoms with Crippen LogP contribution in [0.25, 0.3) is 0 Å². The number of amides is 2. The predicted molar refractivity (Wildman–Crippen MR) is 202 cm³/mol. The quantitative estimate of drug-likeness (QED) is 0.0679. The number of aromatic nitrogens is 3. The average molecular weight is 810 g/mol. The number of carbonyl (C=O) groups excluding carboxylic acids is 3. The molecule has 2 fully saturated rings. The number of carboxylic acid groups (broad SMARTS) is 1. The summed E-state index contributed by atoms with van der Waals surface area (Å²) in [5.74, 6) is -2.85. The van der Waals surface area contributed by atoms with Crippen LogP contribution in [0.4, 0.5) is 30.8 Å². The third-order valence-electron chi connectivity index (χ3n) is 9.60. The highest BCUT2D eigenvalue weighted by Gasteiger charge is 2.45. The molecule has 300 valence electrons. The van der Waals surface area contributed by atoms with Gasteiger partial charge in [-0.05, 0) is 104 Å². The number of Topliss-reactive ketones (excluding diaryl/α,β-unsaturated/α-hetero) is 1. The van der Waals surface area contributed by atoms with Crippen molar-refractivity contribution in [3.8, 4) is 11.8 Å². The van der Waals surface area contributed by atoms with Crippen LogP contribution >= 0.6 is 11.6 Å². The number of alkyl halides is 3. The van der Waals surface area contributed by atoms with Gasteiger partial charge in [0.1, 0.15) is 11.8 Å². The molecule has 57 heavy (non-hydrogen) atoms. The summed E-state index contributed by atoms with van der Waals surface area (Å²) in [5, 5.41) is 21.2. The third-order valence-corrected chi connectivity index (χ3v) is 9.85. The first-order chi connectivity index (χ1) is 27.2. The van der Waals surface area contributed by atoms with Gasteiger partial charge < -0.3 is 35.8 Å². The highest BCUT2D eigenvalue weighted by atomic mass is 35.5. The summed E-state index contributed by atoms with van der Waals surface area (Å²) in [5.41, 5.74) is 1.68. The molecule has 1 aromatic heterocycles. The van der Waals surface area contributed by atoms with Crippen molar-refractivity contribution in [3.05, 3.63) is 94.5 Å². The number of ether oxygens (including phenoxy) is 2. The maximum absolute atomic E-state index is 13.0. The second-order valence-electron chi connectivity index (χ2n) is 13.8. The van der Waals surface area contributed by atoms with Crippen molar-refractivity contribution in [2.45, 2.75) is 62.2 Å². The summed E-state index contributed by atoms with van der Waals surface area (Å²) < 4.78 is 48.9. The summed E-state index contributed by atoms with van der Waals surface area (Å²) in [4.78, 5) is 62.8. The molecule has 2 saturated carbocycles. The number of hydrogen-bond donors (Lipinski definition) is 5. The maximum Gasteiger partial charge on any atom is 0.422 e. The first-order valence-corrected chi connectivity index (χ1v) is 18.4. The van der Waals surface area contributed by atoms with Crippen molar-refractivity contribution in [2.75, 3.05) is 30.9 Å². The summed E-state index contributed by atoms with van der Waals surface area (Å²) in [6.07, 6.45) is -1.51. The number of nitrogens with zero attached hydrogens (tertiary/aromatic N) is 3. The highest BCUT2D eigenvalue weighted by molar-refractivity contribution is 6.36. The van der Waals surface area contributed by atoms with Crippen LogP contribution in [0.1, 0.15) is 65.9 Å². The van der Waals surface area contributed by atoms with Gasteiger partial charge >= 0.3 is 18.2 Å². The Morgan fingerprint density at radius 3 is 2.19 bits per heavy atom. The maximum atomic E-state index is 13.0. The Labute approximate surface area is 329 Å². The molecule has 1 unspecified atom stereocenters. The van der Waals surface area contributed by atoms with E-state index in [1.165, 1.54) is 24.3 Å². The number of benzene rings is 3. The minimum atomic E-state index is -4.64. The monoisotopic (exact) mass is 809 g/mol. The first-order valence-electron chi connectivity index (χ1n) is 18.1. The van der Waals surface area contributed by atoms with Crippen LogP contribution in [0.3, 0.4) is 0 Å². The molecule has 5 N–H and O–H groups in total. The molecule has 6 rings (SSSR count). The Hall–Kier alpha value is -5.97. The van der Waals surface area contributed by atoms with Gasteiger partial charge in [-0.1, -0.05) is 35.9 Å². The Balaban J connectivity index is 1.04. The Bertz CT molecular complexity index is 2080. The molecule has 0 aliphatic heterocycles. The second-order valence-corrected chi connectivity index (χ2v) is 14.3. The van der Waals surface area contributed by atoms with E-state index in [2.05, 4.69) is 36.2 Å². The molecule has 4 aromatic rings. The number of halogens is 4. The fourth-order valence-electron chi connectivity index (χ4n) is 6.23. The molecule has 2 atom stereocenters. The molecule has 0 bridgehead atoms. The van der Waals surface area contributed by atoms with Gasteiger partial charge in [0.05, 0.1) is 12.6 Å². The molecule has 0 radical (unpaired) electrons. The zero-order valence-electron chi connectivity index (χ0n) is 30.6. The van der Waals surface area contributed by atoms with Gasteiger partial charge in [0.25, 0.3) is 11.8 Å². The zero-order valence-corrected chi connectivity index (χ0v) is 31.3. The Kier molecular flexibility index (Phi) is 12.5. The van der Waals surface area contributed by atoms with Crippen molar-refractivity contribution in [3.63, 3.8) is 0 Å². The van der Waals surface area contributed by atoms with Crippen molar-refractivity contribution in [1.82, 2.24) is 25.6 Å². The zero-order chi connectivity index (χ0) is 40.7. The molecule has 2 amide bonds. The highest BCUT2D eigenvalue weighted by Crippen LogP contribution is 2.48. The average Bonchev–Trinajstić information content (AvgIpc) is 4.13. The predicted octanol–water partition coefficient (Wildman–Crippen LogP) is 6.16. The molecular formula is C39H39ClF3N7O7. The van der Waals surface area contributed by atoms with Gasteiger partial charge in [0, 0.05) is 29.2 Å². The standard InChI is InChI=1S/C39H39ClF3N7O7/c1-56-28-14-6-23(7-15-28)29(22-2-3-22)20-31(51)33(53)44-19-16-30(34(54)55)46-32(52)24-4-12-27(13-5-24)45-35-47-36(49-37(48-35)57-21-39(41,42)43)50-38(17-18-38)25-8-10-26(40)11-9-25/h4-15,22,29-30H,2-3,16-21H2,1H3,(H,44,53)(H,46,52)(H,54,55)(H2,45,47,48,49,50)/t29?,30-/m0/s1. The lowest BCUT2D eigenvalue weighted by Crippen LogP contribution is -2.43. The van der Waals surface area contributed by atoms with E-state index in [1.54, 1.807) is 31.4 Å². The van der Waals surface area contributed by atoms with Crippen LogP contribution in [0.2, 0.25) is 5.02 Å². The van der Waals surface area contributed by atoms with Gasteiger partial charge in [-0.25, -0.2) is 4.79 Å². The topological polar surface area (TPSA) is 194 Å². The number of ketones is 1. The van der Waals surface area contributed by atoms with Gasteiger partial charge in [-0.3, -0.25) is 14.4 Å². The minimum absolute atomic E-state index is 0.0101. The third kappa shape index (κ3) is 11.3. The fraction of sp³-hybridized carbons (Fsp3) is 0.359. The second kappa shape index (κ2) is 17.4. The molecule has 2 aliphatic rings.